The number of phenolic OH excluding ortho intramolecular Hbond substituents is 1. The Labute approximate surface area is 102 Å². The second-order valence-electron chi connectivity index (χ2n) is 3.84. The van der Waals surface area contributed by atoms with Crippen LogP contribution in [0.15, 0.2) is 24.3 Å². The number of amides is 1. The zero-order chi connectivity index (χ0) is 12.7. The summed E-state index contributed by atoms with van der Waals surface area (Å²) in [6, 6.07) is 6.78. The van der Waals surface area contributed by atoms with Crippen LogP contribution in [0.1, 0.15) is 26.7 Å². The lowest BCUT2D eigenvalue weighted by Crippen LogP contribution is -2.37. The molecule has 0 unspecified atom stereocenters. The van der Waals surface area contributed by atoms with E-state index in [1.807, 2.05) is 13.8 Å². The van der Waals surface area contributed by atoms with Gasteiger partial charge in [-0.3, -0.25) is 4.79 Å². The van der Waals surface area contributed by atoms with Crippen molar-refractivity contribution in [3.8, 4) is 11.5 Å². The van der Waals surface area contributed by atoms with Gasteiger partial charge >= 0.3 is 0 Å². The molecule has 94 valence electrons. The molecule has 1 amide bonds. The number of ether oxygens (including phenoxy) is 1. The number of hydrogen-bond donors (Lipinski definition) is 2. The Balaban J connectivity index is 2.41. The fourth-order valence-electron chi connectivity index (χ4n) is 1.48. The Morgan fingerprint density at radius 1 is 1.35 bits per heavy atom. The van der Waals surface area contributed by atoms with Crippen LogP contribution in [0.2, 0.25) is 0 Å². The molecule has 0 fully saturated rings. The molecule has 0 atom stereocenters. The topological polar surface area (TPSA) is 58.6 Å². The zero-order valence-corrected chi connectivity index (χ0v) is 10.3. The fourth-order valence-corrected chi connectivity index (χ4v) is 1.48. The highest BCUT2D eigenvalue weighted by Gasteiger charge is 2.09. The van der Waals surface area contributed by atoms with Gasteiger partial charge in [0.25, 0.3) is 5.91 Å². The lowest BCUT2D eigenvalue weighted by atomic mass is 10.2. The number of aromatic hydroxyl groups is 1. The number of rotatable bonds is 6. The number of phenols is 1. The first-order valence-electron chi connectivity index (χ1n) is 5.87. The molecule has 2 N–H and O–H groups in total. The molecule has 0 radical (unpaired) electrons. The van der Waals surface area contributed by atoms with Gasteiger partial charge in [0, 0.05) is 6.04 Å². The van der Waals surface area contributed by atoms with Crippen molar-refractivity contribution in [3.05, 3.63) is 24.3 Å². The molecule has 0 saturated carbocycles. The van der Waals surface area contributed by atoms with Crippen molar-refractivity contribution < 1.29 is 14.6 Å². The fraction of sp³-hybridized carbons (Fsp3) is 0.462. The molecule has 0 aromatic heterocycles. The second-order valence-corrected chi connectivity index (χ2v) is 3.84. The van der Waals surface area contributed by atoms with E-state index in [1.165, 1.54) is 6.07 Å². The summed E-state index contributed by atoms with van der Waals surface area (Å²) >= 11 is 0. The van der Waals surface area contributed by atoms with Crippen molar-refractivity contribution in [2.45, 2.75) is 32.7 Å². The molecule has 1 aromatic rings. The monoisotopic (exact) mass is 237 g/mol. The molecular weight excluding hydrogens is 218 g/mol. The van der Waals surface area contributed by atoms with Crippen LogP contribution >= 0.6 is 0 Å². The molecule has 0 heterocycles. The van der Waals surface area contributed by atoms with Gasteiger partial charge in [-0.05, 0) is 25.0 Å². The van der Waals surface area contributed by atoms with Crippen LogP contribution in [0.25, 0.3) is 0 Å². The highest BCUT2D eigenvalue weighted by molar-refractivity contribution is 5.77. The van der Waals surface area contributed by atoms with E-state index in [4.69, 9.17) is 4.74 Å². The number of carbonyl (C=O) groups is 1. The average molecular weight is 237 g/mol. The molecule has 4 nitrogen and oxygen atoms in total. The minimum atomic E-state index is -0.165. The molecular formula is C13H19NO3. The summed E-state index contributed by atoms with van der Waals surface area (Å²) in [6.07, 6.45) is 1.80. The molecule has 0 aliphatic rings. The second kappa shape index (κ2) is 6.78. The van der Waals surface area contributed by atoms with Crippen LogP contribution < -0.4 is 10.1 Å². The standard InChI is InChI=1S/C13H19NO3/c1-3-10(4-2)14-13(16)9-17-12-8-6-5-7-11(12)15/h5-8,10,15H,3-4,9H2,1-2H3,(H,14,16). The molecule has 0 aliphatic carbocycles. The molecule has 0 aliphatic heterocycles. The largest absolute Gasteiger partial charge is 0.504 e. The summed E-state index contributed by atoms with van der Waals surface area (Å²) in [6.45, 7) is 3.98. The van der Waals surface area contributed by atoms with Gasteiger partial charge in [0.15, 0.2) is 18.1 Å². The Morgan fingerprint density at radius 2 is 2.00 bits per heavy atom. The van der Waals surface area contributed by atoms with E-state index >= 15 is 0 Å². The predicted octanol–water partition coefficient (Wildman–Crippen LogP) is 2.08. The van der Waals surface area contributed by atoms with Crippen LogP contribution in [0.4, 0.5) is 0 Å². The highest BCUT2D eigenvalue weighted by atomic mass is 16.5. The Kier molecular flexibility index (Phi) is 5.33. The molecule has 0 bridgehead atoms. The quantitative estimate of drug-likeness (QED) is 0.796. The number of nitrogens with one attached hydrogen (secondary N) is 1. The Hall–Kier alpha value is -1.71. The van der Waals surface area contributed by atoms with Gasteiger partial charge in [0.05, 0.1) is 0 Å². The van der Waals surface area contributed by atoms with Crippen molar-refractivity contribution in [2.75, 3.05) is 6.61 Å². The summed E-state index contributed by atoms with van der Waals surface area (Å²) in [5.41, 5.74) is 0. The van der Waals surface area contributed by atoms with Crippen LogP contribution in [0, 0.1) is 0 Å². The maximum atomic E-state index is 11.5. The molecule has 1 aromatic carbocycles. The van der Waals surface area contributed by atoms with Gasteiger partial charge in [-0.2, -0.15) is 0 Å². The zero-order valence-electron chi connectivity index (χ0n) is 10.3. The maximum absolute atomic E-state index is 11.5. The first-order valence-corrected chi connectivity index (χ1v) is 5.87. The van der Waals surface area contributed by atoms with E-state index in [9.17, 15) is 9.90 Å². The summed E-state index contributed by atoms with van der Waals surface area (Å²) < 4.78 is 5.23. The summed E-state index contributed by atoms with van der Waals surface area (Å²) in [7, 11) is 0. The lowest BCUT2D eigenvalue weighted by molar-refractivity contribution is -0.123. The first-order chi connectivity index (χ1) is 8.17. The van der Waals surface area contributed by atoms with Crippen molar-refractivity contribution in [2.24, 2.45) is 0 Å². The predicted molar refractivity (Wildman–Crippen MR) is 66.1 cm³/mol. The number of carbonyl (C=O) groups excluding carboxylic acids is 1. The van der Waals surface area contributed by atoms with Gasteiger partial charge in [0.1, 0.15) is 0 Å². The van der Waals surface area contributed by atoms with Gasteiger partial charge in [-0.1, -0.05) is 26.0 Å². The summed E-state index contributed by atoms with van der Waals surface area (Å²) in [5.74, 6) is 0.206. The Bertz CT molecular complexity index is 361. The summed E-state index contributed by atoms with van der Waals surface area (Å²) in [4.78, 5) is 11.5. The minimum absolute atomic E-state index is 0.0443. The van der Waals surface area contributed by atoms with Gasteiger partial charge in [0.2, 0.25) is 0 Å². The molecule has 0 spiro atoms. The Morgan fingerprint density at radius 3 is 2.59 bits per heavy atom. The number of hydrogen-bond acceptors (Lipinski definition) is 3. The van der Waals surface area contributed by atoms with Gasteiger partial charge < -0.3 is 15.2 Å². The van der Waals surface area contributed by atoms with Crippen molar-refractivity contribution in [1.29, 1.82) is 0 Å². The van der Waals surface area contributed by atoms with Crippen LogP contribution in [0.3, 0.4) is 0 Å². The molecule has 0 saturated heterocycles. The van der Waals surface area contributed by atoms with Gasteiger partial charge in [-0.25, -0.2) is 0 Å². The van der Waals surface area contributed by atoms with Crippen molar-refractivity contribution in [1.82, 2.24) is 5.32 Å². The number of para-hydroxylation sites is 2. The van der Waals surface area contributed by atoms with E-state index in [-0.39, 0.29) is 24.3 Å². The highest BCUT2D eigenvalue weighted by Crippen LogP contribution is 2.23. The SMILES string of the molecule is CCC(CC)NC(=O)COc1ccccc1O. The van der Waals surface area contributed by atoms with E-state index in [0.717, 1.165) is 12.8 Å². The van der Waals surface area contributed by atoms with Crippen molar-refractivity contribution in [3.63, 3.8) is 0 Å². The smallest absolute Gasteiger partial charge is 0.258 e. The van der Waals surface area contributed by atoms with E-state index in [1.54, 1.807) is 18.2 Å². The van der Waals surface area contributed by atoms with E-state index in [2.05, 4.69) is 5.32 Å². The third-order valence-corrected chi connectivity index (χ3v) is 2.57. The molecule has 1 rings (SSSR count). The van der Waals surface area contributed by atoms with Gasteiger partial charge in [-0.15, -0.1) is 0 Å². The average Bonchev–Trinajstić information content (AvgIpc) is 2.35. The minimum Gasteiger partial charge on any atom is -0.504 e. The van der Waals surface area contributed by atoms with E-state index < -0.39 is 0 Å². The third kappa shape index (κ3) is 4.34. The van der Waals surface area contributed by atoms with Crippen molar-refractivity contribution >= 4 is 5.91 Å². The van der Waals surface area contributed by atoms with E-state index in [0.29, 0.717) is 5.75 Å². The lowest BCUT2D eigenvalue weighted by Gasteiger charge is -2.15. The third-order valence-electron chi connectivity index (χ3n) is 2.57. The normalized spacial score (nSPS) is 10.3. The molecule has 4 heteroatoms. The summed E-state index contributed by atoms with van der Waals surface area (Å²) in [5, 5.41) is 12.3. The van der Waals surface area contributed by atoms with Crippen LogP contribution in [0.5, 0.6) is 11.5 Å². The van der Waals surface area contributed by atoms with Crippen LogP contribution in [-0.2, 0) is 4.79 Å². The molecule has 17 heavy (non-hydrogen) atoms. The van der Waals surface area contributed by atoms with Crippen LogP contribution in [-0.4, -0.2) is 23.7 Å². The maximum Gasteiger partial charge on any atom is 0.258 e. The first kappa shape index (κ1) is 13.4. The number of benzene rings is 1.